The van der Waals surface area contributed by atoms with E-state index in [0.29, 0.717) is 52.0 Å². The molecule has 0 radical (unpaired) electrons. The molecule has 0 bridgehead atoms. The van der Waals surface area contributed by atoms with Gasteiger partial charge in [0.2, 0.25) is 0 Å². The van der Waals surface area contributed by atoms with Crippen LogP contribution in [0.1, 0.15) is 38.5 Å². The second kappa shape index (κ2) is 15.2. The smallest absolute Gasteiger partial charge is 0.307 e. The Kier molecular flexibility index (Phi) is 14.4. The molecule has 0 atom stereocenters. The maximum absolute atomic E-state index is 11.3. The molecule has 0 saturated carbocycles. The summed E-state index contributed by atoms with van der Waals surface area (Å²) in [6, 6.07) is 0. The van der Waals surface area contributed by atoms with Crippen LogP contribution in [-0.2, 0) is 19.1 Å². The zero-order chi connectivity index (χ0) is 15.8. The third kappa shape index (κ3) is 15.0. The van der Waals surface area contributed by atoms with Crippen molar-refractivity contribution in [3.8, 4) is 0 Å². The molecule has 0 heterocycles. The summed E-state index contributed by atoms with van der Waals surface area (Å²) in [6.07, 6.45) is 3.10. The molecule has 0 aromatic heterocycles. The summed E-state index contributed by atoms with van der Waals surface area (Å²) in [7, 11) is 0. The normalized spacial score (nSPS) is 10.4. The summed E-state index contributed by atoms with van der Waals surface area (Å²) in [5.41, 5.74) is 0. The van der Waals surface area contributed by atoms with Crippen molar-refractivity contribution in [1.29, 1.82) is 0 Å². The van der Waals surface area contributed by atoms with Crippen LogP contribution in [0.15, 0.2) is 0 Å². The van der Waals surface area contributed by atoms with E-state index in [-0.39, 0.29) is 38.0 Å². The van der Waals surface area contributed by atoms with Crippen molar-refractivity contribution in [2.45, 2.75) is 38.5 Å². The van der Waals surface area contributed by atoms with Gasteiger partial charge in [0, 0.05) is 26.3 Å². The Hall–Kier alpha value is -1.18. The molecule has 0 unspecified atom stereocenters. The molecule has 0 saturated heterocycles. The minimum atomic E-state index is -0.285. The number of carbonyl (C=O) groups is 2. The van der Waals surface area contributed by atoms with Gasteiger partial charge in [-0.25, -0.2) is 0 Å². The molecule has 7 nitrogen and oxygen atoms in total. The first kappa shape index (κ1) is 19.8. The molecule has 0 aliphatic carbocycles. The number of nitrogens with one attached hydrogen (secondary N) is 1. The number of carbonyl (C=O) groups excluding carboxylic acids is 2. The van der Waals surface area contributed by atoms with Crippen LogP contribution >= 0.6 is 0 Å². The average Bonchev–Trinajstić information content (AvgIpc) is 2.48. The van der Waals surface area contributed by atoms with E-state index in [1.165, 1.54) is 0 Å². The topological polar surface area (TPSA) is 105 Å². The first-order chi connectivity index (χ1) is 10.2. The van der Waals surface area contributed by atoms with Gasteiger partial charge in [0.15, 0.2) is 0 Å². The molecule has 0 aliphatic rings. The second-order valence-corrected chi connectivity index (χ2v) is 4.55. The van der Waals surface area contributed by atoms with Crippen molar-refractivity contribution in [2.24, 2.45) is 0 Å². The molecule has 3 N–H and O–H groups in total. The number of hydrogen-bond acceptors (Lipinski definition) is 7. The molecule has 124 valence electrons. The molecule has 21 heavy (non-hydrogen) atoms. The van der Waals surface area contributed by atoms with Gasteiger partial charge in [-0.2, -0.15) is 0 Å². The number of unbranched alkanes of at least 4 members (excludes halogenated alkanes) is 2. The Morgan fingerprint density at radius 1 is 0.762 bits per heavy atom. The fourth-order valence-electron chi connectivity index (χ4n) is 1.45. The highest BCUT2D eigenvalue weighted by molar-refractivity contribution is 5.70. The Balaban J connectivity index is 3.30. The highest BCUT2D eigenvalue weighted by atomic mass is 16.5. The largest absolute Gasteiger partial charge is 0.466 e. The molecule has 0 aromatic rings. The number of hydrogen-bond donors (Lipinski definition) is 3. The number of aliphatic hydroxyl groups is 2. The molecule has 0 amide bonds. The highest BCUT2D eigenvalue weighted by Crippen LogP contribution is 1.93. The van der Waals surface area contributed by atoms with Crippen molar-refractivity contribution in [3.63, 3.8) is 0 Å². The first-order valence-corrected chi connectivity index (χ1v) is 7.44. The van der Waals surface area contributed by atoms with Crippen molar-refractivity contribution in [3.05, 3.63) is 0 Å². The van der Waals surface area contributed by atoms with Gasteiger partial charge in [-0.05, 0) is 25.7 Å². The van der Waals surface area contributed by atoms with Crippen LogP contribution in [0.4, 0.5) is 0 Å². The number of ether oxygens (including phenoxy) is 2. The van der Waals surface area contributed by atoms with Gasteiger partial charge in [0.05, 0.1) is 26.1 Å². The van der Waals surface area contributed by atoms with Crippen molar-refractivity contribution in [1.82, 2.24) is 5.32 Å². The molecular weight excluding hydrogens is 278 g/mol. The fourth-order valence-corrected chi connectivity index (χ4v) is 1.45. The van der Waals surface area contributed by atoms with E-state index in [1.54, 1.807) is 0 Å². The van der Waals surface area contributed by atoms with Crippen LogP contribution < -0.4 is 5.32 Å². The van der Waals surface area contributed by atoms with Gasteiger partial charge in [-0.3, -0.25) is 9.59 Å². The van der Waals surface area contributed by atoms with Crippen LogP contribution in [-0.4, -0.2) is 61.7 Å². The molecular formula is C14H27NO6. The van der Waals surface area contributed by atoms with Gasteiger partial charge in [0.1, 0.15) is 0 Å². The van der Waals surface area contributed by atoms with Crippen molar-refractivity contribution < 1.29 is 29.3 Å². The summed E-state index contributed by atoms with van der Waals surface area (Å²) >= 11 is 0. The number of rotatable bonds is 14. The molecule has 0 aromatic carbocycles. The molecule has 7 heteroatoms. The van der Waals surface area contributed by atoms with E-state index in [1.807, 2.05) is 0 Å². The number of esters is 2. The van der Waals surface area contributed by atoms with E-state index in [2.05, 4.69) is 5.32 Å². The monoisotopic (exact) mass is 305 g/mol. The quantitative estimate of drug-likeness (QED) is 0.306. The summed E-state index contributed by atoms with van der Waals surface area (Å²) < 4.78 is 9.89. The SMILES string of the molecule is O=C(CCNCCC(=O)OCCCCO)OCCCCO. The highest BCUT2D eigenvalue weighted by Gasteiger charge is 2.04. The molecule has 0 aliphatic heterocycles. The summed E-state index contributed by atoms with van der Waals surface area (Å²) in [4.78, 5) is 22.5. The predicted molar refractivity (Wildman–Crippen MR) is 76.7 cm³/mol. The standard InChI is InChI=1S/C14H27NO6/c16-9-1-3-11-20-13(18)5-7-15-8-6-14(19)21-12-4-2-10-17/h15-17H,1-12H2. The van der Waals surface area contributed by atoms with Crippen LogP contribution in [0.5, 0.6) is 0 Å². The lowest BCUT2D eigenvalue weighted by atomic mass is 10.3. The maximum Gasteiger partial charge on any atom is 0.307 e. The minimum absolute atomic E-state index is 0.106. The zero-order valence-corrected chi connectivity index (χ0v) is 12.5. The maximum atomic E-state index is 11.3. The predicted octanol–water partition coefficient (Wildman–Crippen LogP) is -0.0124. The Morgan fingerprint density at radius 2 is 1.19 bits per heavy atom. The van der Waals surface area contributed by atoms with E-state index in [4.69, 9.17) is 19.7 Å². The summed E-state index contributed by atoms with van der Waals surface area (Å²) in [5.74, 6) is -0.570. The molecule has 0 spiro atoms. The lowest BCUT2D eigenvalue weighted by molar-refractivity contribution is -0.144. The fraction of sp³-hybridized carbons (Fsp3) is 0.857. The van der Waals surface area contributed by atoms with Crippen LogP contribution in [0.25, 0.3) is 0 Å². The van der Waals surface area contributed by atoms with Crippen LogP contribution in [0, 0.1) is 0 Å². The summed E-state index contributed by atoms with van der Waals surface area (Å²) in [6.45, 7) is 1.79. The Bertz CT molecular complexity index is 246. The minimum Gasteiger partial charge on any atom is -0.466 e. The van der Waals surface area contributed by atoms with E-state index < -0.39 is 0 Å². The van der Waals surface area contributed by atoms with Crippen molar-refractivity contribution in [2.75, 3.05) is 39.5 Å². The lowest BCUT2D eigenvalue weighted by Gasteiger charge is -2.06. The van der Waals surface area contributed by atoms with E-state index in [9.17, 15) is 9.59 Å². The van der Waals surface area contributed by atoms with Crippen LogP contribution in [0.3, 0.4) is 0 Å². The lowest BCUT2D eigenvalue weighted by Crippen LogP contribution is -2.23. The van der Waals surface area contributed by atoms with Crippen LogP contribution in [0.2, 0.25) is 0 Å². The van der Waals surface area contributed by atoms with Crippen molar-refractivity contribution >= 4 is 11.9 Å². The van der Waals surface area contributed by atoms with E-state index in [0.717, 1.165) is 0 Å². The average molecular weight is 305 g/mol. The van der Waals surface area contributed by atoms with E-state index >= 15 is 0 Å². The Morgan fingerprint density at radius 3 is 1.57 bits per heavy atom. The van der Waals surface area contributed by atoms with Gasteiger partial charge in [0.25, 0.3) is 0 Å². The summed E-state index contributed by atoms with van der Waals surface area (Å²) in [5, 5.41) is 20.1. The van der Waals surface area contributed by atoms with Gasteiger partial charge < -0.3 is 25.0 Å². The molecule has 0 fully saturated rings. The molecule has 0 rings (SSSR count). The first-order valence-electron chi connectivity index (χ1n) is 7.44. The Labute approximate surface area is 125 Å². The second-order valence-electron chi connectivity index (χ2n) is 4.55. The number of aliphatic hydroxyl groups excluding tert-OH is 2. The van der Waals surface area contributed by atoms with Gasteiger partial charge in [-0.1, -0.05) is 0 Å². The zero-order valence-electron chi connectivity index (χ0n) is 12.5. The van der Waals surface area contributed by atoms with Gasteiger partial charge in [-0.15, -0.1) is 0 Å². The van der Waals surface area contributed by atoms with Gasteiger partial charge >= 0.3 is 11.9 Å². The third-order valence-corrected chi connectivity index (χ3v) is 2.64. The third-order valence-electron chi connectivity index (χ3n) is 2.64.